The highest BCUT2D eigenvalue weighted by atomic mass is 127. The van der Waals surface area contributed by atoms with E-state index in [1.54, 1.807) is 0 Å². The van der Waals surface area contributed by atoms with E-state index in [0.29, 0.717) is 0 Å². The number of fused-ring (bicyclic) bond motifs is 1. The van der Waals surface area contributed by atoms with Gasteiger partial charge in [0.25, 0.3) is 0 Å². The first-order valence-electron chi connectivity index (χ1n) is 5.14. The van der Waals surface area contributed by atoms with Crippen LogP contribution in [0.2, 0.25) is 0 Å². The highest BCUT2D eigenvalue weighted by Gasteiger charge is 2.32. The highest BCUT2D eigenvalue weighted by Crippen LogP contribution is 2.33. The van der Waals surface area contributed by atoms with E-state index in [9.17, 15) is 21.0 Å². The molecule has 1 N–H and O–H groups in total. The highest BCUT2D eigenvalue weighted by molar-refractivity contribution is 14.1. The lowest BCUT2D eigenvalue weighted by Gasteiger charge is -2.12. The van der Waals surface area contributed by atoms with E-state index in [0.717, 1.165) is 6.07 Å². The number of benzene rings is 2. The first-order valence-corrected chi connectivity index (χ1v) is 7.10. The predicted molar refractivity (Wildman–Crippen MR) is 71.0 cm³/mol. The summed E-state index contributed by atoms with van der Waals surface area (Å²) in [6.45, 7) is 0. The number of hydrogen-bond acceptors (Lipinski definition) is 3. The first kappa shape index (κ1) is 14.7. The molecule has 0 saturated heterocycles. The van der Waals surface area contributed by atoms with Gasteiger partial charge in [0, 0.05) is 5.39 Å². The Morgan fingerprint density at radius 2 is 1.95 bits per heavy atom. The maximum absolute atomic E-state index is 12.3. The Kier molecular flexibility index (Phi) is 3.93. The molecule has 0 heterocycles. The summed E-state index contributed by atoms with van der Waals surface area (Å²) in [6, 6.07) is 6.25. The van der Waals surface area contributed by atoms with Crippen molar-refractivity contribution in [1.29, 1.82) is 0 Å². The summed E-state index contributed by atoms with van der Waals surface area (Å²) in [4.78, 5) is 11.0. The van der Waals surface area contributed by atoms with E-state index in [4.69, 9.17) is 5.11 Å². The predicted octanol–water partition coefficient (Wildman–Crippen LogP) is 3.92. The average molecular weight is 398 g/mol. The lowest BCUT2D eigenvalue weighted by atomic mass is 10.1. The zero-order valence-electron chi connectivity index (χ0n) is 9.57. The molecule has 106 valence electrons. The summed E-state index contributed by atoms with van der Waals surface area (Å²) in [7, 11) is 0. The number of carbonyl (C=O) groups is 1. The number of rotatable bonds is 3. The Balaban J connectivity index is 2.69. The van der Waals surface area contributed by atoms with Crippen molar-refractivity contribution in [3.05, 3.63) is 39.5 Å². The van der Waals surface area contributed by atoms with Crippen LogP contribution in [0.1, 0.15) is 10.4 Å². The zero-order chi connectivity index (χ0) is 14.9. The Morgan fingerprint density at radius 1 is 1.25 bits per heavy atom. The minimum absolute atomic E-state index is 0.0158. The number of carboxylic acids is 1. The van der Waals surface area contributed by atoms with Gasteiger partial charge in [-0.05, 0) is 23.6 Å². The van der Waals surface area contributed by atoms with E-state index in [-0.39, 0.29) is 19.9 Å². The second kappa shape index (κ2) is 5.35. The molecule has 0 aliphatic rings. The van der Waals surface area contributed by atoms with Crippen LogP contribution in [0, 0.1) is 3.57 Å². The minimum atomic E-state index is -4.85. The van der Waals surface area contributed by atoms with Crippen LogP contribution in [0.4, 0.5) is 13.2 Å². The molecule has 0 spiro atoms. The standard InChI is InChI=1S/C12H6F3IO4/c13-12(14,15)20-10-3-1-2-6-4-8(11(17)18)9(16-19)5-7(6)10/h1-5H,(H,17,18). The fourth-order valence-corrected chi connectivity index (χ4v) is 2.77. The fraction of sp³-hybridized carbons (Fsp3) is 0.0833. The van der Waals surface area contributed by atoms with E-state index in [1.165, 1.54) is 24.3 Å². The molecule has 4 nitrogen and oxygen atoms in total. The molecule has 0 aromatic heterocycles. The van der Waals surface area contributed by atoms with Crippen LogP contribution in [0.25, 0.3) is 10.8 Å². The molecule has 20 heavy (non-hydrogen) atoms. The number of ether oxygens (including phenoxy) is 1. The SMILES string of the molecule is O=Ic1cc2c(OC(F)(F)F)cccc2cc1C(=O)O. The van der Waals surface area contributed by atoms with E-state index in [1.807, 2.05) is 0 Å². The van der Waals surface area contributed by atoms with Crippen LogP contribution < -0.4 is 4.74 Å². The molecule has 2 aromatic rings. The minimum Gasteiger partial charge on any atom is -0.478 e. The summed E-state index contributed by atoms with van der Waals surface area (Å²) in [5.41, 5.74) is -0.176. The first-order chi connectivity index (χ1) is 9.31. The molecule has 0 atom stereocenters. The molecule has 2 rings (SSSR count). The van der Waals surface area contributed by atoms with E-state index in [2.05, 4.69) is 4.74 Å². The monoisotopic (exact) mass is 398 g/mol. The molecule has 0 unspecified atom stereocenters. The van der Waals surface area contributed by atoms with Gasteiger partial charge in [0.2, 0.25) is 0 Å². The summed E-state index contributed by atoms with van der Waals surface area (Å²) < 4.78 is 51.8. The lowest BCUT2D eigenvalue weighted by molar-refractivity contribution is -0.274. The second-order valence-corrected chi connectivity index (χ2v) is 5.34. The van der Waals surface area contributed by atoms with Crippen molar-refractivity contribution in [3.8, 4) is 5.75 Å². The van der Waals surface area contributed by atoms with E-state index >= 15 is 0 Å². The molecule has 0 fully saturated rings. The molecule has 0 bridgehead atoms. The van der Waals surface area contributed by atoms with Crippen molar-refractivity contribution >= 4 is 37.9 Å². The normalized spacial score (nSPS) is 11.6. The Labute approximate surface area is 120 Å². The van der Waals surface area contributed by atoms with Gasteiger partial charge in [0.15, 0.2) is 21.2 Å². The van der Waals surface area contributed by atoms with Gasteiger partial charge >= 0.3 is 12.3 Å². The number of halogens is 4. The Morgan fingerprint density at radius 3 is 2.50 bits per heavy atom. The van der Waals surface area contributed by atoms with Crippen LogP contribution in [-0.2, 0) is 3.07 Å². The summed E-state index contributed by atoms with van der Waals surface area (Å²) >= 11 is -1.84. The molecule has 0 saturated carbocycles. The molecule has 8 heteroatoms. The maximum atomic E-state index is 12.3. The fourth-order valence-electron chi connectivity index (χ4n) is 1.71. The number of hydrogen-bond donors (Lipinski definition) is 1. The van der Waals surface area contributed by atoms with Crippen molar-refractivity contribution in [2.45, 2.75) is 6.36 Å². The largest absolute Gasteiger partial charge is 0.573 e. The second-order valence-electron chi connectivity index (χ2n) is 3.74. The Hall–Kier alpha value is -1.71. The number of alkyl halides is 3. The van der Waals surface area contributed by atoms with Gasteiger partial charge in [-0.2, -0.15) is 0 Å². The Bertz CT molecular complexity index is 697. The average Bonchev–Trinajstić information content (AvgIpc) is 2.35. The third-order valence-electron chi connectivity index (χ3n) is 2.47. The molecule has 2 aromatic carbocycles. The van der Waals surface area contributed by atoms with Crippen molar-refractivity contribution in [2.75, 3.05) is 0 Å². The van der Waals surface area contributed by atoms with Crippen molar-refractivity contribution in [3.63, 3.8) is 0 Å². The summed E-state index contributed by atoms with van der Waals surface area (Å²) in [6.07, 6.45) is -4.85. The smallest absolute Gasteiger partial charge is 0.478 e. The van der Waals surface area contributed by atoms with Crippen molar-refractivity contribution < 1.29 is 30.9 Å². The quantitative estimate of drug-likeness (QED) is 0.797. The van der Waals surface area contributed by atoms with E-state index < -0.39 is 39.3 Å². The molecule has 0 aliphatic carbocycles. The van der Waals surface area contributed by atoms with Crippen LogP contribution in [0.15, 0.2) is 30.3 Å². The van der Waals surface area contributed by atoms with Crippen molar-refractivity contribution in [2.24, 2.45) is 0 Å². The van der Waals surface area contributed by atoms with Crippen LogP contribution in [-0.4, -0.2) is 17.4 Å². The van der Waals surface area contributed by atoms with Gasteiger partial charge in [-0.3, -0.25) is 3.07 Å². The zero-order valence-corrected chi connectivity index (χ0v) is 11.7. The van der Waals surface area contributed by atoms with Crippen molar-refractivity contribution in [1.82, 2.24) is 0 Å². The van der Waals surface area contributed by atoms with Gasteiger partial charge in [-0.15, -0.1) is 13.2 Å². The van der Waals surface area contributed by atoms with Crippen LogP contribution in [0.3, 0.4) is 0 Å². The third-order valence-corrected chi connectivity index (χ3v) is 3.83. The molecular formula is C12H6F3IO4. The molecule has 0 amide bonds. The van der Waals surface area contributed by atoms with Crippen LogP contribution in [0.5, 0.6) is 5.75 Å². The van der Waals surface area contributed by atoms with Gasteiger partial charge in [0.1, 0.15) is 5.75 Å². The number of carboxylic acid groups (broad SMARTS) is 1. The third kappa shape index (κ3) is 3.06. The summed E-state index contributed by atoms with van der Waals surface area (Å²) in [5.74, 6) is -1.73. The lowest BCUT2D eigenvalue weighted by Crippen LogP contribution is -2.17. The molecule has 0 radical (unpaired) electrons. The number of aromatic carboxylic acids is 1. The van der Waals surface area contributed by atoms with Gasteiger partial charge in [-0.1, -0.05) is 12.1 Å². The van der Waals surface area contributed by atoms with Gasteiger partial charge < -0.3 is 9.84 Å². The molecule has 0 aliphatic heterocycles. The topological polar surface area (TPSA) is 63.6 Å². The summed E-state index contributed by atoms with van der Waals surface area (Å²) in [5, 5.41) is 9.32. The molecular weight excluding hydrogens is 392 g/mol. The van der Waals surface area contributed by atoms with Gasteiger partial charge in [0.05, 0.1) is 9.13 Å². The van der Waals surface area contributed by atoms with Crippen LogP contribution >= 0.6 is 21.2 Å². The van der Waals surface area contributed by atoms with Gasteiger partial charge in [-0.25, -0.2) is 4.79 Å². The maximum Gasteiger partial charge on any atom is 0.573 e.